The van der Waals surface area contributed by atoms with Crippen LogP contribution < -0.4 is 34.7 Å². The maximum absolute atomic E-state index is 11.7. The van der Waals surface area contributed by atoms with Crippen LogP contribution in [0.3, 0.4) is 0 Å². The monoisotopic (exact) mass is 280 g/mol. The van der Waals surface area contributed by atoms with E-state index in [1.54, 1.807) is 20.8 Å². The van der Waals surface area contributed by atoms with Gasteiger partial charge in [-0.25, -0.2) is 4.79 Å². The van der Waals surface area contributed by atoms with E-state index in [0.29, 0.717) is 0 Å². The Balaban J connectivity index is 0.00000324. The molecule has 0 aliphatic carbocycles. The summed E-state index contributed by atoms with van der Waals surface area (Å²) in [4.78, 5) is 35.8. The van der Waals surface area contributed by atoms with Crippen LogP contribution in [0.5, 0.6) is 0 Å². The third-order valence-corrected chi connectivity index (χ3v) is 2.39. The molecular weight excluding hydrogens is 263 g/mol. The molecule has 1 fully saturated rings. The summed E-state index contributed by atoms with van der Waals surface area (Å²) in [5.74, 6) is -2.76. The van der Waals surface area contributed by atoms with Gasteiger partial charge in [-0.1, -0.05) is 0 Å². The number of carboxylic acid groups (broad SMARTS) is 1. The zero-order valence-corrected chi connectivity index (χ0v) is 13.8. The van der Waals surface area contributed by atoms with E-state index in [2.05, 4.69) is 0 Å². The van der Waals surface area contributed by atoms with Crippen molar-refractivity contribution in [2.75, 3.05) is 26.2 Å². The first kappa shape index (κ1) is 18.2. The van der Waals surface area contributed by atoms with Crippen molar-refractivity contribution in [2.24, 2.45) is 0 Å². The Morgan fingerprint density at radius 3 is 1.79 bits per heavy atom. The van der Waals surface area contributed by atoms with Gasteiger partial charge in [-0.2, -0.15) is 0 Å². The van der Waals surface area contributed by atoms with Crippen LogP contribution in [0, 0.1) is 0 Å². The van der Waals surface area contributed by atoms with Gasteiger partial charge in [-0.05, 0) is 20.8 Å². The normalized spacial score (nSPS) is 15.5. The van der Waals surface area contributed by atoms with Gasteiger partial charge < -0.3 is 24.4 Å². The smallest absolute Gasteiger partial charge is 0.540 e. The molecule has 0 atom stereocenters. The summed E-state index contributed by atoms with van der Waals surface area (Å²) in [6, 6.07) is 0. The van der Waals surface area contributed by atoms with Crippen molar-refractivity contribution in [3.05, 3.63) is 0 Å². The number of hydrogen-bond donors (Lipinski definition) is 0. The van der Waals surface area contributed by atoms with Crippen LogP contribution in [0.25, 0.3) is 0 Å². The first-order chi connectivity index (χ1) is 8.20. The largest absolute Gasteiger partial charge is 1.00 e. The number of carbonyl (C=O) groups excluding carboxylic acids is 3. The summed E-state index contributed by atoms with van der Waals surface area (Å²) in [5, 5.41) is 10.4. The third-order valence-electron chi connectivity index (χ3n) is 2.39. The zero-order valence-electron chi connectivity index (χ0n) is 11.8. The molecule has 1 heterocycles. The Bertz CT molecular complexity index is 359. The first-order valence-corrected chi connectivity index (χ1v) is 5.69. The van der Waals surface area contributed by atoms with E-state index >= 15 is 0 Å². The predicted octanol–water partition coefficient (Wildman–Crippen LogP) is -4.18. The molecule has 0 aromatic carbocycles. The summed E-state index contributed by atoms with van der Waals surface area (Å²) in [6.45, 7) is 6.16. The maximum Gasteiger partial charge on any atom is 1.00 e. The molecule has 1 aliphatic heterocycles. The summed E-state index contributed by atoms with van der Waals surface area (Å²) in [7, 11) is 0. The summed E-state index contributed by atoms with van der Waals surface area (Å²) in [5.41, 5.74) is -0.574. The molecule has 0 bridgehead atoms. The topological polar surface area (TPSA) is 90.0 Å². The fraction of sp³-hybridized carbons (Fsp3) is 0.727. The summed E-state index contributed by atoms with van der Waals surface area (Å²) in [6.07, 6.45) is -0.456. The molecule has 0 aromatic heterocycles. The van der Waals surface area contributed by atoms with Crippen molar-refractivity contribution < 1.29 is 53.8 Å². The molecule has 1 rings (SSSR count). The van der Waals surface area contributed by atoms with E-state index in [9.17, 15) is 19.5 Å². The number of piperazine rings is 1. The van der Waals surface area contributed by atoms with E-state index in [1.165, 1.54) is 4.90 Å². The van der Waals surface area contributed by atoms with Crippen molar-refractivity contribution >= 4 is 18.0 Å². The standard InChI is InChI=1S/C11H18N2O5.Na/c1-11(2,3)18-10(17)13-6-4-12(5-7-13)8(14)9(15)16;/h4-7H2,1-3H3,(H,15,16);/q;+1/p-1. The Hall–Kier alpha value is -0.790. The van der Waals surface area contributed by atoms with Crippen molar-refractivity contribution in [1.82, 2.24) is 9.80 Å². The number of ether oxygens (including phenoxy) is 1. The Morgan fingerprint density at radius 2 is 1.42 bits per heavy atom. The Kier molecular flexibility index (Phi) is 6.82. The molecule has 8 heteroatoms. The molecule has 2 amide bonds. The number of hydrogen-bond acceptors (Lipinski definition) is 5. The van der Waals surface area contributed by atoms with Crippen LogP contribution in [0.4, 0.5) is 4.79 Å². The summed E-state index contributed by atoms with van der Waals surface area (Å²) >= 11 is 0. The average molecular weight is 280 g/mol. The predicted molar refractivity (Wildman–Crippen MR) is 59.4 cm³/mol. The second-order valence-electron chi connectivity index (χ2n) is 5.05. The van der Waals surface area contributed by atoms with Gasteiger partial charge in [-0.15, -0.1) is 0 Å². The van der Waals surface area contributed by atoms with Gasteiger partial charge in [-0.3, -0.25) is 4.79 Å². The van der Waals surface area contributed by atoms with Gasteiger partial charge in [0, 0.05) is 26.2 Å². The van der Waals surface area contributed by atoms with Crippen LogP contribution in [0.2, 0.25) is 0 Å². The fourth-order valence-electron chi connectivity index (χ4n) is 1.55. The van der Waals surface area contributed by atoms with E-state index in [1.807, 2.05) is 0 Å². The first-order valence-electron chi connectivity index (χ1n) is 5.69. The zero-order chi connectivity index (χ0) is 13.9. The number of rotatable bonds is 0. The number of nitrogens with zero attached hydrogens (tertiary/aromatic N) is 2. The third kappa shape index (κ3) is 5.80. The van der Waals surface area contributed by atoms with Crippen LogP contribution in [0.15, 0.2) is 0 Å². The molecule has 0 spiro atoms. The quantitative estimate of drug-likeness (QED) is 0.332. The molecule has 0 saturated carbocycles. The molecule has 7 nitrogen and oxygen atoms in total. The van der Waals surface area contributed by atoms with Crippen molar-refractivity contribution in [3.8, 4) is 0 Å². The fourth-order valence-corrected chi connectivity index (χ4v) is 1.55. The SMILES string of the molecule is CC(C)(C)OC(=O)N1CCN(C(=O)C(=O)[O-])CC1.[Na+]. The minimum Gasteiger partial charge on any atom is -0.540 e. The van der Waals surface area contributed by atoms with Gasteiger partial charge in [0.2, 0.25) is 0 Å². The Labute approximate surface area is 134 Å². The van der Waals surface area contributed by atoms with E-state index in [-0.39, 0.29) is 55.7 Å². The molecular formula is C11H17N2NaO5. The van der Waals surface area contributed by atoms with Crippen molar-refractivity contribution in [2.45, 2.75) is 26.4 Å². The average Bonchev–Trinajstić information content (AvgIpc) is 2.26. The number of aliphatic carboxylic acids is 1. The van der Waals surface area contributed by atoms with Gasteiger partial charge in [0.25, 0.3) is 5.91 Å². The van der Waals surface area contributed by atoms with Crippen molar-refractivity contribution in [1.29, 1.82) is 0 Å². The molecule has 0 N–H and O–H groups in total. The van der Waals surface area contributed by atoms with Crippen LogP contribution in [-0.2, 0) is 14.3 Å². The molecule has 102 valence electrons. The minimum atomic E-state index is -1.72. The number of carboxylic acids is 1. The van der Waals surface area contributed by atoms with Gasteiger partial charge in [0.05, 0.1) is 0 Å². The molecule has 0 aromatic rings. The number of amides is 2. The second-order valence-corrected chi connectivity index (χ2v) is 5.05. The van der Waals surface area contributed by atoms with E-state index in [4.69, 9.17) is 4.74 Å². The molecule has 19 heavy (non-hydrogen) atoms. The maximum atomic E-state index is 11.7. The summed E-state index contributed by atoms with van der Waals surface area (Å²) < 4.78 is 5.18. The second kappa shape index (κ2) is 7.12. The van der Waals surface area contributed by atoms with Crippen LogP contribution in [0.1, 0.15) is 20.8 Å². The van der Waals surface area contributed by atoms with Gasteiger partial charge in [0.1, 0.15) is 11.6 Å². The minimum absolute atomic E-state index is 0. The molecule has 0 radical (unpaired) electrons. The van der Waals surface area contributed by atoms with Crippen molar-refractivity contribution in [3.63, 3.8) is 0 Å². The van der Waals surface area contributed by atoms with Crippen LogP contribution >= 0.6 is 0 Å². The molecule has 1 aliphatic rings. The molecule has 1 saturated heterocycles. The van der Waals surface area contributed by atoms with E-state index in [0.717, 1.165) is 4.90 Å². The Morgan fingerprint density at radius 1 is 1.00 bits per heavy atom. The van der Waals surface area contributed by atoms with Gasteiger partial charge in [0.15, 0.2) is 0 Å². The molecule has 0 unspecified atom stereocenters. The van der Waals surface area contributed by atoms with E-state index < -0.39 is 23.6 Å². The number of carbonyl (C=O) groups is 3. The van der Waals surface area contributed by atoms with Gasteiger partial charge >= 0.3 is 35.7 Å². The van der Waals surface area contributed by atoms with Crippen LogP contribution in [-0.4, -0.2) is 59.5 Å².